The molecule has 138 valence electrons. The minimum atomic E-state index is -1.11. The van der Waals surface area contributed by atoms with E-state index in [1.165, 1.54) is 7.11 Å². The molecule has 0 bridgehead atoms. The summed E-state index contributed by atoms with van der Waals surface area (Å²) in [4.78, 5) is 24.1. The Hall–Kier alpha value is -2.70. The van der Waals surface area contributed by atoms with Gasteiger partial charge in [-0.05, 0) is 11.1 Å². The first-order chi connectivity index (χ1) is 12.6. The lowest BCUT2D eigenvalue weighted by atomic mass is 9.85. The van der Waals surface area contributed by atoms with Crippen LogP contribution in [0.25, 0.3) is 0 Å². The van der Waals surface area contributed by atoms with Gasteiger partial charge in [0.2, 0.25) is 5.91 Å². The maximum absolute atomic E-state index is 12.1. The highest BCUT2D eigenvalue weighted by atomic mass is 16.5. The maximum atomic E-state index is 12.1. The van der Waals surface area contributed by atoms with Crippen molar-refractivity contribution in [1.29, 1.82) is 0 Å². The third kappa shape index (κ3) is 5.68. The number of methoxy groups -OCH3 is 1. The fraction of sp³-hybridized carbons (Fsp3) is 0.300. The van der Waals surface area contributed by atoms with Gasteiger partial charge in [-0.2, -0.15) is 0 Å². The summed E-state index contributed by atoms with van der Waals surface area (Å²) in [5, 5.41) is 12.3. The average Bonchev–Trinajstić information content (AvgIpc) is 2.66. The molecule has 2 rings (SSSR count). The third-order valence-corrected chi connectivity index (χ3v) is 3.90. The Morgan fingerprint density at radius 3 is 1.96 bits per heavy atom. The van der Waals surface area contributed by atoms with Gasteiger partial charge in [-0.15, -0.1) is 0 Å². The molecule has 0 saturated heterocycles. The summed E-state index contributed by atoms with van der Waals surface area (Å²) < 4.78 is 10.0. The lowest BCUT2D eigenvalue weighted by Crippen LogP contribution is -2.46. The van der Waals surface area contributed by atoms with E-state index >= 15 is 0 Å². The molecule has 1 amide bonds. The summed E-state index contributed by atoms with van der Waals surface area (Å²) in [5.74, 6) is -2.10. The summed E-state index contributed by atoms with van der Waals surface area (Å²) in [7, 11) is 1.54. The maximum Gasteiger partial charge on any atom is 0.327 e. The van der Waals surface area contributed by atoms with Crippen molar-refractivity contribution in [2.24, 2.45) is 0 Å². The number of hydrogen-bond acceptors (Lipinski definition) is 4. The highest BCUT2D eigenvalue weighted by Gasteiger charge is 2.32. The Bertz CT molecular complexity index is 650. The van der Waals surface area contributed by atoms with Crippen LogP contribution >= 0.6 is 0 Å². The van der Waals surface area contributed by atoms with Crippen molar-refractivity contribution in [3.63, 3.8) is 0 Å². The van der Waals surface area contributed by atoms with E-state index in [2.05, 4.69) is 5.32 Å². The van der Waals surface area contributed by atoms with Crippen LogP contribution in [0.3, 0.4) is 0 Å². The van der Waals surface area contributed by atoms with Crippen molar-refractivity contribution in [2.75, 3.05) is 26.9 Å². The quantitative estimate of drug-likeness (QED) is 0.636. The number of nitrogens with one attached hydrogen (secondary N) is 1. The van der Waals surface area contributed by atoms with Crippen LogP contribution < -0.4 is 5.32 Å². The van der Waals surface area contributed by atoms with Crippen molar-refractivity contribution in [3.05, 3.63) is 71.8 Å². The fourth-order valence-electron chi connectivity index (χ4n) is 2.71. The molecule has 0 saturated carbocycles. The van der Waals surface area contributed by atoms with Crippen molar-refractivity contribution >= 4 is 11.9 Å². The zero-order valence-corrected chi connectivity index (χ0v) is 14.6. The molecule has 0 fully saturated rings. The fourth-order valence-corrected chi connectivity index (χ4v) is 2.71. The molecule has 0 spiro atoms. The third-order valence-electron chi connectivity index (χ3n) is 3.90. The smallest absolute Gasteiger partial charge is 0.327 e. The van der Waals surface area contributed by atoms with Crippen molar-refractivity contribution in [1.82, 2.24) is 5.32 Å². The Morgan fingerprint density at radius 1 is 0.962 bits per heavy atom. The molecule has 6 heteroatoms. The zero-order chi connectivity index (χ0) is 18.8. The minimum absolute atomic E-state index is 0.219. The average molecular weight is 357 g/mol. The first-order valence-corrected chi connectivity index (χ1v) is 8.32. The summed E-state index contributed by atoms with van der Waals surface area (Å²) in [6, 6.07) is 17.4. The van der Waals surface area contributed by atoms with Crippen LogP contribution in [0, 0.1) is 0 Å². The van der Waals surface area contributed by atoms with E-state index in [4.69, 9.17) is 9.47 Å². The van der Waals surface area contributed by atoms with Gasteiger partial charge < -0.3 is 19.9 Å². The second kappa shape index (κ2) is 10.3. The SMILES string of the molecule is COCCOCC(=O)N[C@H](C(=O)O)C(c1ccccc1)c1ccccc1. The molecule has 6 nitrogen and oxygen atoms in total. The van der Waals surface area contributed by atoms with Crippen LogP contribution in [0.5, 0.6) is 0 Å². The Labute approximate surface area is 152 Å². The molecule has 0 radical (unpaired) electrons. The molecule has 2 aromatic carbocycles. The lowest BCUT2D eigenvalue weighted by molar-refractivity contribution is -0.143. The molecule has 1 atom stereocenters. The zero-order valence-electron chi connectivity index (χ0n) is 14.6. The monoisotopic (exact) mass is 357 g/mol. The van der Waals surface area contributed by atoms with Crippen molar-refractivity contribution in [3.8, 4) is 0 Å². The van der Waals surface area contributed by atoms with Gasteiger partial charge >= 0.3 is 5.97 Å². The largest absolute Gasteiger partial charge is 0.480 e. The molecular formula is C20H23NO5. The lowest BCUT2D eigenvalue weighted by Gasteiger charge is -2.26. The standard InChI is InChI=1S/C20H23NO5/c1-25-12-13-26-14-17(22)21-19(20(23)24)18(15-8-4-2-5-9-15)16-10-6-3-7-11-16/h2-11,18-19H,12-14H2,1H3,(H,21,22)(H,23,24)/t19-/m0/s1. The molecule has 0 aliphatic rings. The summed E-state index contributed by atoms with van der Waals surface area (Å²) in [5.41, 5.74) is 1.62. The van der Waals surface area contributed by atoms with E-state index in [-0.39, 0.29) is 13.2 Å². The topological polar surface area (TPSA) is 84.9 Å². The highest BCUT2D eigenvalue weighted by Crippen LogP contribution is 2.28. The predicted molar refractivity (Wildman–Crippen MR) is 97.0 cm³/mol. The number of benzene rings is 2. The molecule has 2 aromatic rings. The van der Waals surface area contributed by atoms with Crippen LogP contribution in [0.15, 0.2) is 60.7 Å². The van der Waals surface area contributed by atoms with Gasteiger partial charge in [0.1, 0.15) is 12.6 Å². The van der Waals surface area contributed by atoms with E-state index in [9.17, 15) is 14.7 Å². The van der Waals surface area contributed by atoms with Gasteiger partial charge in [0.15, 0.2) is 0 Å². The molecule has 26 heavy (non-hydrogen) atoms. The number of carbonyl (C=O) groups is 2. The Morgan fingerprint density at radius 2 is 1.50 bits per heavy atom. The molecule has 0 aromatic heterocycles. The highest BCUT2D eigenvalue weighted by molar-refractivity contribution is 5.85. The molecule has 0 unspecified atom stereocenters. The predicted octanol–water partition coefficient (Wildman–Crippen LogP) is 2.05. The van der Waals surface area contributed by atoms with E-state index in [1.807, 2.05) is 60.7 Å². The number of carbonyl (C=O) groups excluding carboxylic acids is 1. The van der Waals surface area contributed by atoms with Gasteiger partial charge in [-0.3, -0.25) is 4.79 Å². The summed E-state index contributed by atoms with van der Waals surface area (Å²) in [6.45, 7) is 0.415. The van der Waals surface area contributed by atoms with Crippen molar-refractivity contribution < 1.29 is 24.2 Å². The number of aliphatic carboxylic acids is 1. The van der Waals surface area contributed by atoms with E-state index < -0.39 is 23.8 Å². The second-order valence-electron chi connectivity index (χ2n) is 5.73. The summed E-state index contributed by atoms with van der Waals surface area (Å²) in [6.07, 6.45) is 0. The van der Waals surface area contributed by atoms with Gasteiger partial charge in [0.05, 0.1) is 13.2 Å². The number of hydrogen-bond donors (Lipinski definition) is 2. The molecule has 0 aliphatic heterocycles. The van der Waals surface area contributed by atoms with Gasteiger partial charge in [-0.1, -0.05) is 60.7 Å². The minimum Gasteiger partial charge on any atom is -0.480 e. The normalized spacial score (nSPS) is 11.9. The van der Waals surface area contributed by atoms with Gasteiger partial charge in [0.25, 0.3) is 0 Å². The first-order valence-electron chi connectivity index (χ1n) is 8.32. The Balaban J connectivity index is 2.22. The summed E-state index contributed by atoms with van der Waals surface area (Å²) >= 11 is 0. The van der Waals surface area contributed by atoms with Crippen LogP contribution in [-0.4, -0.2) is 50.0 Å². The molecule has 0 heterocycles. The van der Waals surface area contributed by atoms with E-state index in [1.54, 1.807) is 0 Å². The number of carboxylic acids is 1. The van der Waals surface area contributed by atoms with Gasteiger partial charge in [-0.25, -0.2) is 4.79 Å². The van der Waals surface area contributed by atoms with E-state index in [0.717, 1.165) is 11.1 Å². The Kier molecular flexibility index (Phi) is 7.79. The number of amides is 1. The van der Waals surface area contributed by atoms with Crippen LogP contribution in [0.4, 0.5) is 0 Å². The molecule has 0 aliphatic carbocycles. The van der Waals surface area contributed by atoms with Gasteiger partial charge in [0, 0.05) is 13.0 Å². The first kappa shape index (κ1) is 19.6. The number of ether oxygens (including phenoxy) is 2. The van der Waals surface area contributed by atoms with Crippen molar-refractivity contribution in [2.45, 2.75) is 12.0 Å². The number of rotatable bonds is 10. The van der Waals surface area contributed by atoms with E-state index in [0.29, 0.717) is 6.61 Å². The van der Waals surface area contributed by atoms with Crippen LogP contribution in [-0.2, 0) is 19.1 Å². The van der Waals surface area contributed by atoms with Crippen LogP contribution in [0.2, 0.25) is 0 Å². The molecular weight excluding hydrogens is 334 g/mol. The van der Waals surface area contributed by atoms with Crippen LogP contribution in [0.1, 0.15) is 17.0 Å². The number of carboxylic acid groups (broad SMARTS) is 1. The second-order valence-corrected chi connectivity index (χ2v) is 5.73. The molecule has 2 N–H and O–H groups in total.